The van der Waals surface area contributed by atoms with Gasteiger partial charge in [0.1, 0.15) is 0 Å². The molecule has 0 aromatic heterocycles. The van der Waals surface area contributed by atoms with E-state index in [4.69, 9.17) is 0 Å². The van der Waals surface area contributed by atoms with Gasteiger partial charge in [-0.05, 0) is 34.7 Å². The monoisotopic (exact) mass is 285 g/mol. The SMILES string of the molecule is CC(C)CCC(=O)NCC(O)c1ccc2ccccc2c1. The molecular weight excluding hydrogens is 262 g/mol. The topological polar surface area (TPSA) is 49.3 Å². The van der Waals surface area contributed by atoms with Gasteiger partial charge in [0.25, 0.3) is 0 Å². The third-order valence-electron chi connectivity index (χ3n) is 3.60. The van der Waals surface area contributed by atoms with E-state index in [0.29, 0.717) is 12.3 Å². The first kappa shape index (κ1) is 15.5. The number of aliphatic hydroxyl groups is 1. The van der Waals surface area contributed by atoms with Gasteiger partial charge < -0.3 is 10.4 Å². The minimum Gasteiger partial charge on any atom is -0.387 e. The summed E-state index contributed by atoms with van der Waals surface area (Å²) in [6.45, 7) is 4.45. The van der Waals surface area contributed by atoms with Crippen molar-refractivity contribution >= 4 is 16.7 Å². The van der Waals surface area contributed by atoms with Crippen LogP contribution in [0.3, 0.4) is 0 Å². The molecule has 2 rings (SSSR count). The standard InChI is InChI=1S/C18H23NO2/c1-13(2)7-10-18(21)19-12-17(20)16-9-8-14-5-3-4-6-15(14)11-16/h3-6,8-9,11,13,17,20H,7,10,12H2,1-2H3,(H,19,21). The summed E-state index contributed by atoms with van der Waals surface area (Å²) in [7, 11) is 0. The molecule has 0 saturated carbocycles. The minimum absolute atomic E-state index is 0.00328. The molecule has 0 aliphatic rings. The zero-order valence-electron chi connectivity index (χ0n) is 12.7. The number of carbonyl (C=O) groups excluding carboxylic acids is 1. The number of benzene rings is 2. The number of rotatable bonds is 6. The molecule has 0 saturated heterocycles. The Labute approximate surface area is 126 Å². The Kier molecular flexibility index (Phi) is 5.34. The van der Waals surface area contributed by atoms with Crippen molar-refractivity contribution < 1.29 is 9.90 Å². The van der Waals surface area contributed by atoms with Crippen LogP contribution >= 0.6 is 0 Å². The first-order valence-corrected chi connectivity index (χ1v) is 7.49. The van der Waals surface area contributed by atoms with Crippen LogP contribution in [0.1, 0.15) is 38.4 Å². The fourth-order valence-corrected chi connectivity index (χ4v) is 2.25. The maximum absolute atomic E-state index is 11.7. The molecule has 0 heterocycles. The Morgan fingerprint density at radius 1 is 1.14 bits per heavy atom. The number of hydrogen-bond donors (Lipinski definition) is 2. The van der Waals surface area contributed by atoms with Gasteiger partial charge in [0.05, 0.1) is 6.10 Å². The van der Waals surface area contributed by atoms with Gasteiger partial charge in [-0.2, -0.15) is 0 Å². The Balaban J connectivity index is 1.92. The zero-order valence-corrected chi connectivity index (χ0v) is 12.7. The minimum atomic E-state index is -0.669. The molecule has 0 bridgehead atoms. The molecule has 2 aromatic rings. The molecule has 2 aromatic carbocycles. The molecule has 3 nitrogen and oxygen atoms in total. The predicted molar refractivity (Wildman–Crippen MR) is 86.0 cm³/mol. The van der Waals surface area contributed by atoms with E-state index >= 15 is 0 Å². The molecule has 2 N–H and O–H groups in total. The van der Waals surface area contributed by atoms with Crippen molar-refractivity contribution in [1.82, 2.24) is 5.32 Å². The quantitative estimate of drug-likeness (QED) is 0.854. The molecule has 112 valence electrons. The number of nitrogens with one attached hydrogen (secondary N) is 1. The summed E-state index contributed by atoms with van der Waals surface area (Å²) in [6, 6.07) is 13.9. The van der Waals surface area contributed by atoms with E-state index in [-0.39, 0.29) is 12.5 Å². The van der Waals surface area contributed by atoms with E-state index in [2.05, 4.69) is 19.2 Å². The van der Waals surface area contributed by atoms with Gasteiger partial charge in [-0.1, -0.05) is 50.2 Å². The predicted octanol–water partition coefficient (Wildman–Crippen LogP) is 3.43. The molecular formula is C18H23NO2. The number of fused-ring (bicyclic) bond motifs is 1. The maximum atomic E-state index is 11.7. The summed E-state index contributed by atoms with van der Waals surface area (Å²) < 4.78 is 0. The van der Waals surface area contributed by atoms with Crippen LogP contribution in [0.5, 0.6) is 0 Å². The molecule has 21 heavy (non-hydrogen) atoms. The molecule has 0 aliphatic carbocycles. The van der Waals surface area contributed by atoms with Gasteiger partial charge in [0.2, 0.25) is 5.91 Å². The van der Waals surface area contributed by atoms with Crippen LogP contribution in [-0.4, -0.2) is 17.6 Å². The molecule has 0 spiro atoms. The third kappa shape index (κ3) is 4.57. The van der Waals surface area contributed by atoms with Crippen LogP contribution in [0.4, 0.5) is 0 Å². The van der Waals surface area contributed by atoms with Crippen LogP contribution in [0, 0.1) is 5.92 Å². The molecule has 0 fully saturated rings. The normalized spacial score (nSPS) is 12.6. The summed E-state index contributed by atoms with van der Waals surface area (Å²) in [6.07, 6.45) is 0.720. The lowest BCUT2D eigenvalue weighted by Crippen LogP contribution is -2.28. The third-order valence-corrected chi connectivity index (χ3v) is 3.60. The zero-order chi connectivity index (χ0) is 15.2. The van der Waals surface area contributed by atoms with Gasteiger partial charge in [0.15, 0.2) is 0 Å². The second kappa shape index (κ2) is 7.23. The highest BCUT2D eigenvalue weighted by molar-refractivity contribution is 5.83. The van der Waals surface area contributed by atoms with Crippen LogP contribution in [0.25, 0.3) is 10.8 Å². The lowest BCUT2D eigenvalue weighted by molar-refractivity contribution is -0.121. The van der Waals surface area contributed by atoms with Crippen molar-refractivity contribution in [2.75, 3.05) is 6.54 Å². The second-order valence-electron chi connectivity index (χ2n) is 5.86. The Morgan fingerprint density at radius 3 is 2.57 bits per heavy atom. The Morgan fingerprint density at radius 2 is 1.86 bits per heavy atom. The number of hydrogen-bond acceptors (Lipinski definition) is 2. The summed E-state index contributed by atoms with van der Waals surface area (Å²) in [5.41, 5.74) is 0.831. The van der Waals surface area contributed by atoms with Gasteiger partial charge in [-0.3, -0.25) is 4.79 Å². The average Bonchev–Trinajstić information content (AvgIpc) is 2.50. The van der Waals surface area contributed by atoms with Crippen LogP contribution in [0.2, 0.25) is 0 Å². The molecule has 3 heteroatoms. The summed E-state index contributed by atoms with van der Waals surface area (Å²) in [5, 5.41) is 15.2. The number of aliphatic hydroxyl groups excluding tert-OH is 1. The van der Waals surface area contributed by atoms with E-state index in [1.54, 1.807) is 0 Å². The second-order valence-corrected chi connectivity index (χ2v) is 5.86. The van der Waals surface area contributed by atoms with Crippen molar-refractivity contribution in [3.63, 3.8) is 0 Å². The fraction of sp³-hybridized carbons (Fsp3) is 0.389. The van der Waals surface area contributed by atoms with Crippen LogP contribution in [-0.2, 0) is 4.79 Å². The van der Waals surface area contributed by atoms with Crippen molar-refractivity contribution in [3.8, 4) is 0 Å². The highest BCUT2D eigenvalue weighted by Crippen LogP contribution is 2.20. The van der Waals surface area contributed by atoms with Gasteiger partial charge in [-0.25, -0.2) is 0 Å². The molecule has 1 unspecified atom stereocenters. The van der Waals surface area contributed by atoms with Crippen LogP contribution in [0.15, 0.2) is 42.5 Å². The number of carbonyl (C=O) groups is 1. The largest absolute Gasteiger partial charge is 0.387 e. The molecule has 1 amide bonds. The highest BCUT2D eigenvalue weighted by atomic mass is 16.3. The fourth-order valence-electron chi connectivity index (χ4n) is 2.25. The van der Waals surface area contributed by atoms with Gasteiger partial charge in [-0.15, -0.1) is 0 Å². The molecule has 0 radical (unpaired) electrons. The van der Waals surface area contributed by atoms with Crippen LogP contribution < -0.4 is 5.32 Å². The lowest BCUT2D eigenvalue weighted by atomic mass is 10.0. The van der Waals surface area contributed by atoms with Crippen molar-refractivity contribution in [3.05, 3.63) is 48.0 Å². The highest BCUT2D eigenvalue weighted by Gasteiger charge is 2.10. The van der Waals surface area contributed by atoms with E-state index in [0.717, 1.165) is 22.8 Å². The van der Waals surface area contributed by atoms with E-state index in [1.807, 2.05) is 42.5 Å². The maximum Gasteiger partial charge on any atom is 0.220 e. The molecule has 1 atom stereocenters. The lowest BCUT2D eigenvalue weighted by Gasteiger charge is -2.13. The summed E-state index contributed by atoms with van der Waals surface area (Å²) in [4.78, 5) is 11.7. The van der Waals surface area contributed by atoms with E-state index in [1.165, 1.54) is 0 Å². The molecule has 0 aliphatic heterocycles. The summed E-state index contributed by atoms with van der Waals surface area (Å²) in [5.74, 6) is 0.518. The smallest absolute Gasteiger partial charge is 0.220 e. The van der Waals surface area contributed by atoms with Crippen molar-refractivity contribution in [2.45, 2.75) is 32.8 Å². The van der Waals surface area contributed by atoms with Gasteiger partial charge >= 0.3 is 0 Å². The van der Waals surface area contributed by atoms with Crippen molar-refractivity contribution in [1.29, 1.82) is 0 Å². The van der Waals surface area contributed by atoms with E-state index in [9.17, 15) is 9.90 Å². The first-order chi connectivity index (χ1) is 10.1. The summed E-state index contributed by atoms with van der Waals surface area (Å²) >= 11 is 0. The Hall–Kier alpha value is -1.87. The Bertz CT molecular complexity index is 607. The first-order valence-electron chi connectivity index (χ1n) is 7.49. The van der Waals surface area contributed by atoms with Crippen molar-refractivity contribution in [2.24, 2.45) is 5.92 Å². The van der Waals surface area contributed by atoms with Gasteiger partial charge in [0, 0.05) is 13.0 Å². The average molecular weight is 285 g/mol. The number of amides is 1. The van der Waals surface area contributed by atoms with E-state index < -0.39 is 6.10 Å².